The molecule has 2 aromatic rings. The fraction of sp³-hybridized carbons (Fsp3) is 0.304. The first-order valence-corrected chi connectivity index (χ1v) is 9.66. The minimum atomic E-state index is -0.779. The monoisotopic (exact) mass is 397 g/mol. The minimum absolute atomic E-state index is 0.0417. The van der Waals surface area contributed by atoms with Crippen molar-refractivity contribution in [3.8, 4) is 5.75 Å². The number of carbonyl (C=O) groups excluding carboxylic acids is 2. The van der Waals surface area contributed by atoms with Crippen molar-refractivity contribution >= 4 is 17.4 Å². The van der Waals surface area contributed by atoms with Crippen molar-refractivity contribution in [2.24, 2.45) is 0 Å². The van der Waals surface area contributed by atoms with E-state index in [1.165, 1.54) is 24.1 Å². The summed E-state index contributed by atoms with van der Waals surface area (Å²) in [6.45, 7) is 2.45. The number of aliphatic hydroxyl groups is 1. The lowest BCUT2D eigenvalue weighted by molar-refractivity contribution is -0.139. The Morgan fingerprint density at radius 3 is 2.52 bits per heavy atom. The summed E-state index contributed by atoms with van der Waals surface area (Å²) in [5.74, 6) is -2.24. The van der Waals surface area contributed by atoms with Crippen molar-refractivity contribution in [3.63, 3.8) is 0 Å². The first kappa shape index (κ1) is 20.6. The van der Waals surface area contributed by atoms with Gasteiger partial charge in [0, 0.05) is 6.54 Å². The van der Waals surface area contributed by atoms with Gasteiger partial charge in [0.2, 0.25) is 0 Å². The fourth-order valence-corrected chi connectivity index (χ4v) is 3.64. The van der Waals surface area contributed by atoms with Gasteiger partial charge in [-0.05, 0) is 30.2 Å². The molecule has 1 unspecified atom stereocenters. The molecule has 1 atom stereocenters. The number of Topliss-reactive ketones (excluding diaryl/α,β-unsaturated/α-hetero) is 1. The van der Waals surface area contributed by atoms with Gasteiger partial charge in [-0.2, -0.15) is 0 Å². The Balaban J connectivity index is 2.16. The smallest absolute Gasteiger partial charge is 0.295 e. The Bertz CT molecular complexity index is 939. The molecule has 1 fully saturated rings. The highest BCUT2D eigenvalue weighted by atomic mass is 19.1. The average Bonchev–Trinajstić information content (AvgIpc) is 2.99. The molecule has 0 aliphatic carbocycles. The highest BCUT2D eigenvalue weighted by Crippen LogP contribution is 2.41. The zero-order valence-electron chi connectivity index (χ0n) is 16.5. The molecule has 0 bridgehead atoms. The number of nitrogens with zero attached hydrogens (tertiary/aromatic N) is 1. The Morgan fingerprint density at radius 2 is 1.86 bits per heavy atom. The van der Waals surface area contributed by atoms with Crippen LogP contribution in [0.15, 0.2) is 54.1 Å². The molecule has 6 heteroatoms. The maximum absolute atomic E-state index is 13.9. The lowest BCUT2D eigenvalue weighted by Crippen LogP contribution is -2.30. The van der Waals surface area contributed by atoms with Crippen LogP contribution in [0.4, 0.5) is 4.39 Å². The second-order valence-corrected chi connectivity index (χ2v) is 6.95. The lowest BCUT2D eigenvalue weighted by atomic mass is 9.95. The van der Waals surface area contributed by atoms with Gasteiger partial charge in [0.25, 0.3) is 11.7 Å². The van der Waals surface area contributed by atoms with Crippen LogP contribution in [-0.4, -0.2) is 35.4 Å². The number of aliphatic hydroxyl groups excluding tert-OH is 1. The number of amides is 1. The predicted molar refractivity (Wildman–Crippen MR) is 108 cm³/mol. The van der Waals surface area contributed by atoms with Crippen molar-refractivity contribution in [1.82, 2.24) is 4.90 Å². The number of hydrogen-bond acceptors (Lipinski definition) is 4. The zero-order valence-corrected chi connectivity index (χ0v) is 16.5. The van der Waals surface area contributed by atoms with E-state index in [-0.39, 0.29) is 16.9 Å². The van der Waals surface area contributed by atoms with E-state index in [2.05, 4.69) is 6.92 Å². The summed E-state index contributed by atoms with van der Waals surface area (Å²) in [6, 6.07) is 12.0. The first-order chi connectivity index (χ1) is 14.0. The van der Waals surface area contributed by atoms with Gasteiger partial charge in [-0.15, -0.1) is 0 Å². The Hall–Kier alpha value is -3.15. The highest BCUT2D eigenvalue weighted by Gasteiger charge is 2.46. The van der Waals surface area contributed by atoms with E-state index in [0.717, 1.165) is 25.3 Å². The number of rotatable bonds is 7. The molecule has 1 amide bonds. The molecule has 0 aromatic heterocycles. The number of hydrogen-bond donors (Lipinski definition) is 1. The number of unbranched alkanes of at least 4 members (excludes halogenated alkanes) is 2. The number of ether oxygens (including phenoxy) is 1. The second kappa shape index (κ2) is 8.90. The van der Waals surface area contributed by atoms with E-state index < -0.39 is 29.3 Å². The lowest BCUT2D eigenvalue weighted by Gasteiger charge is -2.25. The summed E-state index contributed by atoms with van der Waals surface area (Å²) in [5, 5.41) is 11.0. The Morgan fingerprint density at radius 1 is 1.14 bits per heavy atom. The topological polar surface area (TPSA) is 66.8 Å². The molecular formula is C23H24FNO4. The van der Waals surface area contributed by atoms with Crippen molar-refractivity contribution < 1.29 is 23.8 Å². The van der Waals surface area contributed by atoms with Crippen LogP contribution in [0.2, 0.25) is 0 Å². The van der Waals surface area contributed by atoms with Crippen LogP contribution in [0, 0.1) is 5.82 Å². The molecule has 1 aliphatic heterocycles. The third-order valence-electron chi connectivity index (χ3n) is 5.07. The van der Waals surface area contributed by atoms with Crippen LogP contribution < -0.4 is 4.74 Å². The quantitative estimate of drug-likeness (QED) is 0.325. The maximum Gasteiger partial charge on any atom is 0.295 e. The molecule has 1 N–H and O–H groups in total. The number of carbonyl (C=O) groups is 2. The Kier molecular flexibility index (Phi) is 6.32. The van der Waals surface area contributed by atoms with E-state index in [1.54, 1.807) is 12.1 Å². The molecule has 29 heavy (non-hydrogen) atoms. The Labute approximate surface area is 169 Å². The van der Waals surface area contributed by atoms with Crippen molar-refractivity contribution in [3.05, 3.63) is 71.0 Å². The number of ketones is 1. The summed E-state index contributed by atoms with van der Waals surface area (Å²) in [5.41, 5.74) is 0.696. The van der Waals surface area contributed by atoms with Crippen LogP contribution >= 0.6 is 0 Å². The molecule has 152 valence electrons. The number of halogens is 1. The van der Waals surface area contributed by atoms with Gasteiger partial charge in [-0.3, -0.25) is 9.59 Å². The van der Waals surface area contributed by atoms with E-state index in [0.29, 0.717) is 12.1 Å². The average molecular weight is 397 g/mol. The molecular weight excluding hydrogens is 373 g/mol. The van der Waals surface area contributed by atoms with Gasteiger partial charge in [0.05, 0.1) is 24.3 Å². The fourth-order valence-electron chi connectivity index (χ4n) is 3.64. The first-order valence-electron chi connectivity index (χ1n) is 9.66. The molecule has 1 heterocycles. The van der Waals surface area contributed by atoms with Gasteiger partial charge in [-0.1, -0.05) is 50.1 Å². The summed E-state index contributed by atoms with van der Waals surface area (Å²) >= 11 is 0. The van der Waals surface area contributed by atoms with E-state index >= 15 is 0 Å². The SMILES string of the molecule is CCCCCN1C(=O)C(=O)/C(=C(/O)c2cc(F)ccc2OC)C1c1ccccc1. The summed E-state index contributed by atoms with van der Waals surface area (Å²) in [4.78, 5) is 27.2. The van der Waals surface area contributed by atoms with Gasteiger partial charge in [0.1, 0.15) is 17.3 Å². The van der Waals surface area contributed by atoms with Crippen molar-refractivity contribution in [2.75, 3.05) is 13.7 Å². The van der Waals surface area contributed by atoms with Crippen molar-refractivity contribution in [2.45, 2.75) is 32.2 Å². The van der Waals surface area contributed by atoms with Crippen LogP contribution in [0.3, 0.4) is 0 Å². The third kappa shape index (κ3) is 4.01. The summed E-state index contributed by atoms with van der Waals surface area (Å²) in [7, 11) is 1.39. The number of likely N-dealkylation sites (tertiary alicyclic amines) is 1. The van der Waals surface area contributed by atoms with Gasteiger partial charge in [0.15, 0.2) is 0 Å². The van der Waals surface area contributed by atoms with Crippen LogP contribution in [0.1, 0.15) is 43.4 Å². The summed E-state index contributed by atoms with van der Waals surface area (Å²) in [6.07, 6.45) is 2.64. The molecule has 3 rings (SSSR count). The minimum Gasteiger partial charge on any atom is -0.507 e. The van der Waals surface area contributed by atoms with Gasteiger partial charge < -0.3 is 14.7 Å². The number of benzene rings is 2. The largest absolute Gasteiger partial charge is 0.507 e. The molecule has 0 radical (unpaired) electrons. The molecule has 2 aromatic carbocycles. The van der Waals surface area contributed by atoms with E-state index in [4.69, 9.17) is 4.74 Å². The summed E-state index contributed by atoms with van der Waals surface area (Å²) < 4.78 is 19.1. The van der Waals surface area contributed by atoms with Gasteiger partial charge in [-0.25, -0.2) is 4.39 Å². The van der Waals surface area contributed by atoms with Crippen LogP contribution in [0.5, 0.6) is 5.75 Å². The van der Waals surface area contributed by atoms with E-state index in [1.807, 2.05) is 18.2 Å². The normalized spacial score (nSPS) is 18.3. The molecule has 1 saturated heterocycles. The molecule has 1 aliphatic rings. The zero-order chi connectivity index (χ0) is 21.0. The molecule has 0 saturated carbocycles. The maximum atomic E-state index is 13.9. The number of methoxy groups -OCH3 is 1. The standard InChI is InChI=1S/C23H24FNO4/c1-3-4-8-13-25-20(15-9-6-5-7-10-15)19(22(27)23(25)28)21(26)17-14-16(24)11-12-18(17)29-2/h5-7,9-12,14,20,26H,3-4,8,13H2,1-2H3/b21-19+. The second-order valence-electron chi connectivity index (χ2n) is 6.95. The van der Waals surface area contributed by atoms with Crippen LogP contribution in [-0.2, 0) is 9.59 Å². The van der Waals surface area contributed by atoms with Crippen molar-refractivity contribution in [1.29, 1.82) is 0 Å². The van der Waals surface area contributed by atoms with E-state index in [9.17, 15) is 19.1 Å². The molecule has 5 nitrogen and oxygen atoms in total. The third-order valence-corrected chi connectivity index (χ3v) is 5.07. The predicted octanol–water partition coefficient (Wildman–Crippen LogP) is 4.45. The van der Waals surface area contributed by atoms with Gasteiger partial charge >= 0.3 is 0 Å². The van der Waals surface area contributed by atoms with Crippen LogP contribution in [0.25, 0.3) is 5.76 Å². The molecule has 0 spiro atoms. The highest BCUT2D eigenvalue weighted by molar-refractivity contribution is 6.46.